The van der Waals surface area contributed by atoms with Crippen LogP contribution < -0.4 is 15.4 Å². The minimum atomic E-state index is -3.98. The highest BCUT2D eigenvalue weighted by molar-refractivity contribution is 7.89. The number of piperidine rings is 1. The largest absolute Gasteiger partial charge is 0.484 e. The van der Waals surface area contributed by atoms with Gasteiger partial charge in [-0.3, -0.25) is 9.59 Å². The molecule has 1 heterocycles. The number of likely N-dealkylation sites (N-methyl/N-ethyl adjacent to an activating group) is 1. The third-order valence-electron chi connectivity index (χ3n) is 5.22. The number of anilines is 1. The number of ether oxygens (including phenoxy) is 1. The molecule has 0 aliphatic carbocycles. The molecule has 0 radical (unpaired) electrons. The predicted octanol–water partition coefficient (Wildman–Crippen LogP) is 2.52. The molecular formula is C22H25F2N3O5S. The molecule has 2 amide bonds. The quantitative estimate of drug-likeness (QED) is 0.603. The van der Waals surface area contributed by atoms with E-state index in [4.69, 9.17) is 4.74 Å². The highest BCUT2D eigenvalue weighted by atomic mass is 32.2. The van der Waals surface area contributed by atoms with E-state index < -0.39 is 27.6 Å². The number of halogens is 2. The van der Waals surface area contributed by atoms with E-state index in [1.165, 1.54) is 4.31 Å². The molecule has 2 aromatic carbocycles. The van der Waals surface area contributed by atoms with Crippen molar-refractivity contribution in [3.8, 4) is 5.75 Å². The van der Waals surface area contributed by atoms with Crippen molar-refractivity contribution in [3.63, 3.8) is 0 Å². The molecule has 0 saturated carbocycles. The number of carbonyl (C=O) groups is 2. The fraction of sp³-hybridized carbons (Fsp3) is 0.364. The van der Waals surface area contributed by atoms with E-state index in [1.54, 1.807) is 24.3 Å². The number of benzene rings is 2. The van der Waals surface area contributed by atoms with Gasteiger partial charge in [0.2, 0.25) is 15.9 Å². The number of hydrogen-bond acceptors (Lipinski definition) is 5. The number of amides is 2. The maximum atomic E-state index is 13.4. The molecule has 2 N–H and O–H groups in total. The lowest BCUT2D eigenvalue weighted by Gasteiger charge is -2.30. The SMILES string of the molecule is CCNC(=O)COc1ccc(NC(=O)C2CCN(S(=O)(=O)c3ccc(F)c(F)c3)CC2)cc1. The molecule has 33 heavy (non-hydrogen) atoms. The van der Waals surface area contributed by atoms with E-state index in [-0.39, 0.29) is 36.4 Å². The fourth-order valence-corrected chi connectivity index (χ4v) is 4.90. The molecule has 11 heteroatoms. The van der Waals surface area contributed by atoms with E-state index in [9.17, 15) is 26.8 Å². The molecule has 1 aliphatic heterocycles. The van der Waals surface area contributed by atoms with Gasteiger partial charge in [-0.05, 0) is 62.2 Å². The fourth-order valence-electron chi connectivity index (χ4n) is 3.42. The maximum Gasteiger partial charge on any atom is 0.257 e. The van der Waals surface area contributed by atoms with Crippen molar-refractivity contribution < 1.29 is 31.5 Å². The third kappa shape index (κ3) is 6.26. The van der Waals surface area contributed by atoms with Crippen molar-refractivity contribution in [1.82, 2.24) is 9.62 Å². The Morgan fingerprint density at radius 3 is 2.33 bits per heavy atom. The second-order valence-corrected chi connectivity index (χ2v) is 9.45. The summed E-state index contributed by atoms with van der Waals surface area (Å²) in [5, 5.41) is 5.41. The van der Waals surface area contributed by atoms with Crippen LogP contribution in [0.2, 0.25) is 0 Å². The summed E-state index contributed by atoms with van der Waals surface area (Å²) in [7, 11) is -3.98. The summed E-state index contributed by atoms with van der Waals surface area (Å²) in [6.07, 6.45) is 0.588. The van der Waals surface area contributed by atoms with Crippen molar-refractivity contribution in [2.45, 2.75) is 24.7 Å². The van der Waals surface area contributed by atoms with E-state index in [0.717, 1.165) is 12.1 Å². The van der Waals surface area contributed by atoms with Crippen LogP contribution in [0.1, 0.15) is 19.8 Å². The first-order chi connectivity index (χ1) is 15.7. The topological polar surface area (TPSA) is 105 Å². The zero-order chi connectivity index (χ0) is 24.0. The van der Waals surface area contributed by atoms with Crippen LogP contribution in [-0.4, -0.2) is 50.8 Å². The van der Waals surface area contributed by atoms with Gasteiger partial charge in [-0.1, -0.05) is 0 Å². The van der Waals surface area contributed by atoms with Crippen LogP contribution in [0.4, 0.5) is 14.5 Å². The van der Waals surface area contributed by atoms with Gasteiger partial charge in [0, 0.05) is 31.2 Å². The predicted molar refractivity (Wildman–Crippen MR) is 117 cm³/mol. The van der Waals surface area contributed by atoms with Gasteiger partial charge in [-0.2, -0.15) is 4.31 Å². The van der Waals surface area contributed by atoms with Crippen LogP contribution in [0.3, 0.4) is 0 Å². The molecule has 0 atom stereocenters. The highest BCUT2D eigenvalue weighted by Crippen LogP contribution is 2.26. The minimum Gasteiger partial charge on any atom is -0.484 e. The smallest absolute Gasteiger partial charge is 0.257 e. The average molecular weight is 482 g/mol. The minimum absolute atomic E-state index is 0.0893. The van der Waals surface area contributed by atoms with E-state index in [2.05, 4.69) is 10.6 Å². The van der Waals surface area contributed by atoms with Crippen molar-refractivity contribution in [2.24, 2.45) is 5.92 Å². The molecule has 0 spiro atoms. The van der Waals surface area contributed by atoms with E-state index in [1.807, 2.05) is 6.92 Å². The second-order valence-electron chi connectivity index (χ2n) is 7.51. The Kier molecular flexibility index (Phi) is 7.98. The first-order valence-electron chi connectivity index (χ1n) is 10.5. The lowest BCUT2D eigenvalue weighted by atomic mass is 9.97. The molecule has 0 aromatic heterocycles. The van der Waals surface area contributed by atoms with Crippen LogP contribution in [0.5, 0.6) is 5.75 Å². The summed E-state index contributed by atoms with van der Waals surface area (Å²) < 4.78 is 58.5. The number of nitrogens with zero attached hydrogens (tertiary/aromatic N) is 1. The van der Waals surface area contributed by atoms with Crippen LogP contribution in [0, 0.1) is 17.6 Å². The van der Waals surface area contributed by atoms with Gasteiger partial charge in [0.05, 0.1) is 4.90 Å². The van der Waals surface area contributed by atoms with E-state index >= 15 is 0 Å². The van der Waals surface area contributed by atoms with Crippen molar-refractivity contribution in [3.05, 3.63) is 54.1 Å². The van der Waals surface area contributed by atoms with Gasteiger partial charge < -0.3 is 15.4 Å². The average Bonchev–Trinajstić information content (AvgIpc) is 2.80. The van der Waals surface area contributed by atoms with Gasteiger partial charge in [0.25, 0.3) is 5.91 Å². The maximum absolute atomic E-state index is 13.4. The van der Waals surface area contributed by atoms with Crippen LogP contribution in [-0.2, 0) is 19.6 Å². The second kappa shape index (κ2) is 10.7. The standard InChI is InChI=1S/C22H25F2N3O5S/c1-2-25-21(28)14-32-17-5-3-16(4-6-17)26-22(29)15-9-11-27(12-10-15)33(30,31)18-7-8-19(23)20(24)13-18/h3-8,13,15H,2,9-12,14H2,1H3,(H,25,28)(H,26,29). The van der Waals surface area contributed by atoms with Gasteiger partial charge in [0.1, 0.15) is 5.75 Å². The molecule has 1 aliphatic rings. The highest BCUT2D eigenvalue weighted by Gasteiger charge is 2.32. The van der Waals surface area contributed by atoms with Gasteiger partial charge in [0.15, 0.2) is 18.2 Å². The lowest BCUT2D eigenvalue weighted by Crippen LogP contribution is -2.41. The first-order valence-corrected chi connectivity index (χ1v) is 11.9. The van der Waals surface area contributed by atoms with Crippen molar-refractivity contribution >= 4 is 27.5 Å². The monoisotopic (exact) mass is 481 g/mol. The van der Waals surface area contributed by atoms with Gasteiger partial charge >= 0.3 is 0 Å². The Morgan fingerprint density at radius 2 is 1.73 bits per heavy atom. The molecule has 178 valence electrons. The summed E-state index contributed by atoms with van der Waals surface area (Å²) in [6.45, 7) is 2.40. The van der Waals surface area contributed by atoms with Crippen molar-refractivity contribution in [2.75, 3.05) is 31.6 Å². The Hall–Kier alpha value is -3.05. The zero-order valence-corrected chi connectivity index (χ0v) is 18.8. The number of carbonyl (C=O) groups excluding carboxylic acids is 2. The van der Waals surface area contributed by atoms with Crippen molar-refractivity contribution in [1.29, 1.82) is 0 Å². The Labute approximate surface area is 191 Å². The number of nitrogens with one attached hydrogen (secondary N) is 2. The number of hydrogen-bond donors (Lipinski definition) is 2. The summed E-state index contributed by atoms with van der Waals surface area (Å²) >= 11 is 0. The van der Waals surface area contributed by atoms with Crippen LogP contribution in [0.25, 0.3) is 0 Å². The van der Waals surface area contributed by atoms with E-state index in [0.29, 0.717) is 36.9 Å². The molecule has 8 nitrogen and oxygen atoms in total. The number of sulfonamides is 1. The molecule has 1 fully saturated rings. The molecule has 1 saturated heterocycles. The summed E-state index contributed by atoms with van der Waals surface area (Å²) in [5.74, 6) is -2.73. The lowest BCUT2D eigenvalue weighted by molar-refractivity contribution is -0.123. The summed E-state index contributed by atoms with van der Waals surface area (Å²) in [6, 6.07) is 9.01. The summed E-state index contributed by atoms with van der Waals surface area (Å²) in [5.41, 5.74) is 0.544. The molecule has 3 rings (SSSR count). The normalized spacial score (nSPS) is 15.1. The Morgan fingerprint density at radius 1 is 1.06 bits per heavy atom. The molecular weight excluding hydrogens is 456 g/mol. The third-order valence-corrected chi connectivity index (χ3v) is 7.11. The first kappa shape index (κ1) is 24.6. The van der Waals surface area contributed by atoms with Gasteiger partial charge in [-0.15, -0.1) is 0 Å². The molecule has 0 bridgehead atoms. The molecule has 2 aromatic rings. The summed E-state index contributed by atoms with van der Waals surface area (Å²) in [4.78, 5) is 23.7. The van der Waals surface area contributed by atoms with Crippen LogP contribution in [0.15, 0.2) is 47.4 Å². The Bertz CT molecular complexity index is 1100. The van der Waals surface area contributed by atoms with Crippen LogP contribution >= 0.6 is 0 Å². The molecule has 0 unspecified atom stereocenters. The van der Waals surface area contributed by atoms with Gasteiger partial charge in [-0.25, -0.2) is 17.2 Å². The number of rotatable bonds is 8. The zero-order valence-electron chi connectivity index (χ0n) is 18.0. The Balaban J connectivity index is 1.52.